The Morgan fingerprint density at radius 3 is 2.42 bits per heavy atom. The number of fused-ring (bicyclic) bond motifs is 1. The molecule has 3 rings (SSSR count). The monoisotopic (exact) mass is 442 g/mol. The SMILES string of the molecule is CC(=O)Nc1sc2c(c1C(=O)OCC(=O)N(Cc1ccccc1)C(C)(C)C)CCCC2. The van der Waals surface area contributed by atoms with Gasteiger partial charge in [0.05, 0.1) is 5.56 Å². The zero-order valence-corrected chi connectivity index (χ0v) is 19.4. The molecule has 0 spiro atoms. The maximum Gasteiger partial charge on any atom is 0.341 e. The van der Waals surface area contributed by atoms with Crippen LogP contribution in [0.5, 0.6) is 0 Å². The lowest BCUT2D eigenvalue weighted by Gasteiger charge is -2.35. The molecular formula is C24H30N2O4S. The van der Waals surface area contributed by atoms with Crippen molar-refractivity contribution >= 4 is 34.1 Å². The molecule has 1 aromatic heterocycles. The van der Waals surface area contributed by atoms with Crippen LogP contribution in [0.25, 0.3) is 0 Å². The summed E-state index contributed by atoms with van der Waals surface area (Å²) < 4.78 is 5.48. The fraction of sp³-hybridized carbons (Fsp3) is 0.458. The Labute approximate surface area is 187 Å². The molecule has 0 saturated carbocycles. The third-order valence-electron chi connectivity index (χ3n) is 5.29. The van der Waals surface area contributed by atoms with Gasteiger partial charge in [-0.25, -0.2) is 4.79 Å². The summed E-state index contributed by atoms with van der Waals surface area (Å²) in [4.78, 5) is 40.4. The second-order valence-corrected chi connectivity index (χ2v) is 9.91. The molecule has 7 heteroatoms. The second-order valence-electron chi connectivity index (χ2n) is 8.81. The van der Waals surface area contributed by atoms with Gasteiger partial charge in [0.1, 0.15) is 5.00 Å². The zero-order valence-electron chi connectivity index (χ0n) is 18.6. The van der Waals surface area contributed by atoms with Crippen LogP contribution >= 0.6 is 11.3 Å². The maximum atomic E-state index is 13.0. The average molecular weight is 443 g/mol. The lowest BCUT2D eigenvalue weighted by molar-refractivity contribution is -0.140. The number of hydrogen-bond acceptors (Lipinski definition) is 5. The molecule has 1 heterocycles. The number of rotatable bonds is 6. The molecule has 1 aromatic carbocycles. The highest BCUT2D eigenvalue weighted by atomic mass is 32.1. The maximum absolute atomic E-state index is 13.0. The summed E-state index contributed by atoms with van der Waals surface area (Å²) in [6, 6.07) is 9.74. The third-order valence-corrected chi connectivity index (χ3v) is 6.49. The van der Waals surface area contributed by atoms with Crippen molar-refractivity contribution in [1.29, 1.82) is 0 Å². The van der Waals surface area contributed by atoms with Crippen LogP contribution in [0.2, 0.25) is 0 Å². The van der Waals surface area contributed by atoms with E-state index in [1.54, 1.807) is 4.90 Å². The molecule has 0 unspecified atom stereocenters. The number of carbonyl (C=O) groups is 3. The van der Waals surface area contributed by atoms with E-state index in [-0.39, 0.29) is 18.4 Å². The first-order valence-electron chi connectivity index (χ1n) is 10.6. The number of nitrogens with zero attached hydrogens (tertiary/aromatic N) is 1. The van der Waals surface area contributed by atoms with E-state index in [0.717, 1.165) is 41.7 Å². The van der Waals surface area contributed by atoms with E-state index in [1.165, 1.54) is 18.3 Å². The van der Waals surface area contributed by atoms with Gasteiger partial charge in [-0.15, -0.1) is 11.3 Å². The molecule has 0 saturated heterocycles. The standard InChI is InChI=1S/C24H30N2O4S/c1-16(27)25-22-21(18-12-8-9-13-19(18)31-22)23(29)30-15-20(28)26(24(2,3)4)14-17-10-6-5-7-11-17/h5-7,10-11H,8-9,12-15H2,1-4H3,(H,25,27). The first-order chi connectivity index (χ1) is 14.7. The van der Waals surface area contributed by atoms with E-state index in [4.69, 9.17) is 4.74 Å². The number of amides is 2. The predicted octanol–water partition coefficient (Wildman–Crippen LogP) is 4.57. The molecule has 166 valence electrons. The van der Waals surface area contributed by atoms with E-state index in [0.29, 0.717) is 17.1 Å². The van der Waals surface area contributed by atoms with Gasteiger partial charge >= 0.3 is 5.97 Å². The molecule has 2 amide bonds. The third kappa shape index (κ3) is 5.73. The van der Waals surface area contributed by atoms with Gasteiger partial charge in [0.15, 0.2) is 6.61 Å². The molecule has 1 N–H and O–H groups in total. The van der Waals surface area contributed by atoms with Crippen LogP contribution < -0.4 is 5.32 Å². The Hall–Kier alpha value is -2.67. The number of nitrogens with one attached hydrogen (secondary N) is 1. The molecule has 0 fully saturated rings. The van der Waals surface area contributed by atoms with E-state index >= 15 is 0 Å². The fourth-order valence-electron chi connectivity index (χ4n) is 3.77. The van der Waals surface area contributed by atoms with Crippen molar-refractivity contribution in [2.45, 2.75) is 65.5 Å². The molecule has 6 nitrogen and oxygen atoms in total. The summed E-state index contributed by atoms with van der Waals surface area (Å²) >= 11 is 1.44. The Bertz CT molecular complexity index is 960. The van der Waals surface area contributed by atoms with Crippen LogP contribution in [0.1, 0.15) is 66.9 Å². The number of anilines is 1. The van der Waals surface area contributed by atoms with Gasteiger partial charge < -0.3 is 15.0 Å². The molecule has 0 atom stereocenters. The molecule has 0 bridgehead atoms. The van der Waals surface area contributed by atoms with Crippen LogP contribution in [0, 0.1) is 0 Å². The van der Waals surface area contributed by atoms with E-state index in [2.05, 4.69) is 5.32 Å². The highest BCUT2D eigenvalue weighted by Crippen LogP contribution is 2.38. The van der Waals surface area contributed by atoms with Crippen molar-refractivity contribution in [2.24, 2.45) is 0 Å². The van der Waals surface area contributed by atoms with Gasteiger partial charge in [-0.1, -0.05) is 30.3 Å². The van der Waals surface area contributed by atoms with E-state index in [1.807, 2.05) is 51.1 Å². The summed E-state index contributed by atoms with van der Waals surface area (Å²) in [7, 11) is 0. The summed E-state index contributed by atoms with van der Waals surface area (Å²) in [6.07, 6.45) is 3.75. The minimum Gasteiger partial charge on any atom is -0.452 e. The predicted molar refractivity (Wildman–Crippen MR) is 122 cm³/mol. The quantitative estimate of drug-likeness (QED) is 0.665. The highest BCUT2D eigenvalue weighted by Gasteiger charge is 2.30. The molecular weight excluding hydrogens is 412 g/mol. The van der Waals surface area contributed by atoms with E-state index < -0.39 is 11.5 Å². The molecule has 2 aromatic rings. The smallest absolute Gasteiger partial charge is 0.341 e. The summed E-state index contributed by atoms with van der Waals surface area (Å²) in [5.41, 5.74) is 1.95. The van der Waals surface area contributed by atoms with Gasteiger partial charge in [0, 0.05) is 23.9 Å². The number of carbonyl (C=O) groups excluding carboxylic acids is 3. The Morgan fingerprint density at radius 2 is 1.77 bits per heavy atom. The molecule has 0 aliphatic heterocycles. The summed E-state index contributed by atoms with van der Waals surface area (Å²) in [5, 5.41) is 3.28. The normalized spacial score (nSPS) is 13.3. The van der Waals surface area contributed by atoms with Crippen LogP contribution in [0.3, 0.4) is 0 Å². The summed E-state index contributed by atoms with van der Waals surface area (Å²) in [5.74, 6) is -1.04. The van der Waals surface area contributed by atoms with Gasteiger partial charge in [-0.3, -0.25) is 9.59 Å². The van der Waals surface area contributed by atoms with Gasteiger partial charge in [0.25, 0.3) is 5.91 Å². The Kier molecular flexibility index (Phi) is 7.15. The van der Waals surface area contributed by atoms with E-state index in [9.17, 15) is 14.4 Å². The number of esters is 1. The van der Waals surface area contributed by atoms with Crippen molar-refractivity contribution in [3.63, 3.8) is 0 Å². The topological polar surface area (TPSA) is 75.7 Å². The number of ether oxygens (including phenoxy) is 1. The number of benzene rings is 1. The number of thiophene rings is 1. The van der Waals surface area contributed by atoms with Crippen LogP contribution in [0.15, 0.2) is 30.3 Å². The van der Waals surface area contributed by atoms with Crippen LogP contribution in [-0.4, -0.2) is 34.8 Å². The van der Waals surface area contributed by atoms with Crippen LogP contribution in [-0.2, 0) is 33.7 Å². The average Bonchev–Trinajstić information content (AvgIpc) is 3.07. The highest BCUT2D eigenvalue weighted by molar-refractivity contribution is 7.17. The first kappa shape index (κ1) is 23.0. The van der Waals surface area contributed by atoms with Gasteiger partial charge in [-0.05, 0) is 57.6 Å². The minimum atomic E-state index is -0.551. The largest absolute Gasteiger partial charge is 0.452 e. The first-order valence-corrected chi connectivity index (χ1v) is 11.4. The van der Waals surface area contributed by atoms with Crippen molar-refractivity contribution in [1.82, 2.24) is 4.90 Å². The van der Waals surface area contributed by atoms with Crippen molar-refractivity contribution in [3.8, 4) is 0 Å². The second kappa shape index (κ2) is 9.64. The zero-order chi connectivity index (χ0) is 22.6. The van der Waals surface area contributed by atoms with Crippen molar-refractivity contribution in [3.05, 3.63) is 51.9 Å². The molecule has 1 aliphatic rings. The van der Waals surface area contributed by atoms with Crippen LogP contribution in [0.4, 0.5) is 5.00 Å². The molecule has 1 aliphatic carbocycles. The minimum absolute atomic E-state index is 0.231. The molecule has 0 radical (unpaired) electrons. The summed E-state index contributed by atoms with van der Waals surface area (Å²) in [6.45, 7) is 7.39. The van der Waals surface area contributed by atoms with Gasteiger partial charge in [0.2, 0.25) is 5.91 Å². The van der Waals surface area contributed by atoms with Crippen molar-refractivity contribution < 1.29 is 19.1 Å². The lowest BCUT2D eigenvalue weighted by atomic mass is 9.95. The fourth-order valence-corrected chi connectivity index (χ4v) is 5.10. The molecule has 31 heavy (non-hydrogen) atoms. The Balaban J connectivity index is 1.75. The lowest BCUT2D eigenvalue weighted by Crippen LogP contribution is -2.46. The number of hydrogen-bond donors (Lipinski definition) is 1. The van der Waals surface area contributed by atoms with Crippen molar-refractivity contribution in [2.75, 3.05) is 11.9 Å². The number of aryl methyl sites for hydroxylation is 1. The Morgan fingerprint density at radius 1 is 1.10 bits per heavy atom. The van der Waals surface area contributed by atoms with Gasteiger partial charge in [-0.2, -0.15) is 0 Å².